The van der Waals surface area contributed by atoms with E-state index in [9.17, 15) is 9.18 Å². The number of nitrogens with two attached hydrogens (primary N) is 1. The predicted octanol–water partition coefficient (Wildman–Crippen LogP) is 2.57. The number of benzene rings is 1. The van der Waals surface area contributed by atoms with Crippen molar-refractivity contribution < 1.29 is 9.18 Å². The van der Waals surface area contributed by atoms with Gasteiger partial charge in [0, 0.05) is 30.2 Å². The van der Waals surface area contributed by atoms with E-state index < -0.39 is 11.7 Å². The van der Waals surface area contributed by atoms with Crippen molar-refractivity contribution in [3.63, 3.8) is 0 Å². The molecule has 0 aliphatic heterocycles. The van der Waals surface area contributed by atoms with Gasteiger partial charge in [-0.3, -0.25) is 9.36 Å². The Morgan fingerprint density at radius 2 is 2.17 bits per heavy atom. The number of hydrogen-bond acceptors (Lipinski definition) is 4. The number of rotatable bonds is 4. The summed E-state index contributed by atoms with van der Waals surface area (Å²) in [6.45, 7) is 0.233. The summed E-state index contributed by atoms with van der Waals surface area (Å²) in [5.41, 5.74) is 6.19. The summed E-state index contributed by atoms with van der Waals surface area (Å²) in [6.07, 6.45) is 6.66. The van der Waals surface area contributed by atoms with Crippen LogP contribution in [0.4, 0.5) is 10.1 Å². The highest BCUT2D eigenvalue weighted by molar-refractivity contribution is 6.31. The van der Waals surface area contributed by atoms with Crippen molar-refractivity contribution in [3.05, 3.63) is 71.2 Å². The molecule has 2 heterocycles. The molecule has 3 N–H and O–H groups in total. The average Bonchev–Trinajstić information content (AvgIpc) is 3.11. The summed E-state index contributed by atoms with van der Waals surface area (Å²) >= 11 is 5.77. The van der Waals surface area contributed by atoms with Crippen LogP contribution in [-0.2, 0) is 6.54 Å². The van der Waals surface area contributed by atoms with E-state index in [0.29, 0.717) is 5.82 Å². The summed E-state index contributed by atoms with van der Waals surface area (Å²) < 4.78 is 15.3. The van der Waals surface area contributed by atoms with Crippen molar-refractivity contribution in [2.45, 2.75) is 6.54 Å². The van der Waals surface area contributed by atoms with Gasteiger partial charge in [0.25, 0.3) is 5.91 Å². The highest BCUT2D eigenvalue weighted by Crippen LogP contribution is 2.22. The molecule has 0 atom stereocenters. The van der Waals surface area contributed by atoms with Gasteiger partial charge in [0.05, 0.1) is 11.3 Å². The van der Waals surface area contributed by atoms with Gasteiger partial charge in [-0.15, -0.1) is 0 Å². The van der Waals surface area contributed by atoms with Crippen molar-refractivity contribution in [2.75, 3.05) is 5.73 Å². The van der Waals surface area contributed by atoms with Gasteiger partial charge in [-0.05, 0) is 29.8 Å². The van der Waals surface area contributed by atoms with E-state index in [1.54, 1.807) is 35.6 Å². The lowest BCUT2D eigenvalue weighted by molar-refractivity contribution is 0.0951. The molecule has 0 unspecified atom stereocenters. The second-order valence-corrected chi connectivity index (χ2v) is 5.46. The molecule has 2 aromatic heterocycles. The Hall–Kier alpha value is -2.93. The zero-order valence-electron chi connectivity index (χ0n) is 12.4. The summed E-state index contributed by atoms with van der Waals surface area (Å²) in [5, 5.41) is 2.80. The molecule has 0 saturated heterocycles. The highest BCUT2D eigenvalue weighted by Gasteiger charge is 2.14. The summed E-state index contributed by atoms with van der Waals surface area (Å²) in [6, 6.07) is 5.97. The maximum Gasteiger partial charge on any atom is 0.253 e. The van der Waals surface area contributed by atoms with Gasteiger partial charge in [0.15, 0.2) is 0 Å². The molecule has 1 amide bonds. The monoisotopic (exact) mass is 345 g/mol. The third kappa shape index (κ3) is 3.36. The Morgan fingerprint density at radius 3 is 2.92 bits per heavy atom. The molecule has 0 aliphatic rings. The molecule has 122 valence electrons. The first-order valence-electron chi connectivity index (χ1n) is 7.00. The molecule has 0 spiro atoms. The van der Waals surface area contributed by atoms with E-state index in [-0.39, 0.29) is 22.8 Å². The van der Waals surface area contributed by atoms with Crippen LogP contribution in [0.1, 0.15) is 15.9 Å². The van der Waals surface area contributed by atoms with E-state index in [0.717, 1.165) is 11.6 Å². The van der Waals surface area contributed by atoms with Crippen molar-refractivity contribution in [3.8, 4) is 5.82 Å². The number of hydrogen-bond donors (Lipinski definition) is 2. The fraction of sp³-hybridized carbons (Fsp3) is 0.0625. The molecule has 1 aromatic carbocycles. The summed E-state index contributed by atoms with van der Waals surface area (Å²) in [7, 11) is 0. The number of carbonyl (C=O) groups excluding carboxylic acids is 1. The normalized spacial score (nSPS) is 10.6. The first-order chi connectivity index (χ1) is 11.5. The van der Waals surface area contributed by atoms with Crippen molar-refractivity contribution in [1.82, 2.24) is 19.9 Å². The SMILES string of the molecule is Nc1c(F)cc(Cl)cc1C(=O)NCc1ccnc(-n2ccnc2)c1. The lowest BCUT2D eigenvalue weighted by Gasteiger charge is -2.10. The number of halogens is 2. The van der Waals surface area contributed by atoms with Gasteiger partial charge in [0.1, 0.15) is 18.0 Å². The second-order valence-electron chi connectivity index (χ2n) is 5.02. The first kappa shape index (κ1) is 15.9. The van der Waals surface area contributed by atoms with Crippen molar-refractivity contribution in [2.24, 2.45) is 0 Å². The molecule has 24 heavy (non-hydrogen) atoms. The molecule has 3 aromatic rings. The van der Waals surface area contributed by atoms with Crippen molar-refractivity contribution in [1.29, 1.82) is 0 Å². The van der Waals surface area contributed by atoms with Crippen LogP contribution >= 0.6 is 11.6 Å². The highest BCUT2D eigenvalue weighted by atomic mass is 35.5. The number of imidazole rings is 1. The number of aromatic nitrogens is 3. The van der Waals surface area contributed by atoms with Crippen LogP contribution in [0.3, 0.4) is 0 Å². The zero-order chi connectivity index (χ0) is 17.1. The third-order valence-corrected chi connectivity index (χ3v) is 3.59. The minimum Gasteiger partial charge on any atom is -0.396 e. The maximum atomic E-state index is 13.6. The molecule has 0 saturated carbocycles. The Morgan fingerprint density at radius 1 is 1.33 bits per heavy atom. The van der Waals surface area contributed by atoms with Crippen LogP contribution < -0.4 is 11.1 Å². The van der Waals surface area contributed by atoms with Crippen LogP contribution in [-0.4, -0.2) is 20.4 Å². The quantitative estimate of drug-likeness (QED) is 0.712. The summed E-state index contributed by atoms with van der Waals surface area (Å²) in [5.74, 6) is -0.554. The van der Waals surface area contributed by atoms with Crippen LogP contribution in [0.15, 0.2) is 49.2 Å². The standard InChI is InChI=1S/C16H13ClFN5O/c17-11-6-12(15(19)13(18)7-11)16(24)22-8-10-1-2-21-14(5-10)23-4-3-20-9-23/h1-7,9H,8,19H2,(H,22,24). The van der Waals surface area contributed by atoms with E-state index in [1.165, 1.54) is 6.07 Å². The van der Waals surface area contributed by atoms with Gasteiger partial charge in [-0.25, -0.2) is 14.4 Å². The molecule has 0 aliphatic carbocycles. The van der Waals surface area contributed by atoms with Gasteiger partial charge in [0.2, 0.25) is 0 Å². The Kier molecular flexibility index (Phi) is 4.43. The van der Waals surface area contributed by atoms with Crippen LogP contribution in [0.25, 0.3) is 5.82 Å². The van der Waals surface area contributed by atoms with E-state index in [1.807, 2.05) is 6.07 Å². The predicted molar refractivity (Wildman–Crippen MR) is 88.4 cm³/mol. The maximum absolute atomic E-state index is 13.6. The van der Waals surface area contributed by atoms with Crippen LogP contribution in [0, 0.1) is 5.82 Å². The topological polar surface area (TPSA) is 85.8 Å². The Labute approximate surface area is 142 Å². The van der Waals surface area contributed by atoms with E-state index in [2.05, 4.69) is 15.3 Å². The second kappa shape index (κ2) is 6.67. The molecule has 0 radical (unpaired) electrons. The summed E-state index contributed by atoms with van der Waals surface area (Å²) in [4.78, 5) is 20.4. The fourth-order valence-corrected chi connectivity index (χ4v) is 2.36. The molecule has 0 bridgehead atoms. The van der Waals surface area contributed by atoms with Gasteiger partial charge < -0.3 is 11.1 Å². The van der Waals surface area contributed by atoms with Gasteiger partial charge >= 0.3 is 0 Å². The number of nitrogen functional groups attached to an aromatic ring is 1. The zero-order valence-corrected chi connectivity index (χ0v) is 13.2. The lowest BCUT2D eigenvalue weighted by atomic mass is 10.1. The lowest BCUT2D eigenvalue weighted by Crippen LogP contribution is -2.24. The fourth-order valence-electron chi connectivity index (χ4n) is 2.16. The minimum absolute atomic E-state index is 0.00360. The minimum atomic E-state index is -0.723. The van der Waals surface area contributed by atoms with Gasteiger partial charge in [-0.1, -0.05) is 11.6 Å². The molecular formula is C16H13ClFN5O. The number of pyridine rings is 1. The van der Waals surface area contributed by atoms with Crippen LogP contribution in [0.2, 0.25) is 5.02 Å². The Balaban J connectivity index is 1.74. The molecule has 3 rings (SSSR count). The van der Waals surface area contributed by atoms with E-state index >= 15 is 0 Å². The smallest absolute Gasteiger partial charge is 0.253 e. The Bertz CT molecular complexity index is 882. The first-order valence-corrected chi connectivity index (χ1v) is 7.38. The van der Waals surface area contributed by atoms with E-state index in [4.69, 9.17) is 17.3 Å². The molecule has 0 fully saturated rings. The van der Waals surface area contributed by atoms with Crippen molar-refractivity contribution >= 4 is 23.2 Å². The molecular weight excluding hydrogens is 333 g/mol. The molecule has 8 heteroatoms. The number of amides is 1. The number of carbonyl (C=O) groups is 1. The van der Waals surface area contributed by atoms with Gasteiger partial charge in [-0.2, -0.15) is 0 Å². The third-order valence-electron chi connectivity index (χ3n) is 3.37. The largest absolute Gasteiger partial charge is 0.396 e. The number of nitrogens with zero attached hydrogens (tertiary/aromatic N) is 3. The number of nitrogens with one attached hydrogen (secondary N) is 1. The van der Waals surface area contributed by atoms with Crippen LogP contribution in [0.5, 0.6) is 0 Å². The molecule has 6 nitrogen and oxygen atoms in total. The average molecular weight is 346 g/mol. The number of anilines is 1.